The monoisotopic (exact) mass is 276 g/mol. The molecule has 2 unspecified atom stereocenters. The molecule has 0 saturated heterocycles. The fraction of sp³-hybridized carbons (Fsp3) is 0.750. The lowest BCUT2D eigenvalue weighted by atomic mass is 9.97. The molecule has 112 valence electrons. The standard InChI is InChI=1S/C16H28N4/c1-4-10-17-15-13(3)16(19-11-18-15)20-14-9-7-5-6-8-12(14)2/h11-12,14H,4-10H2,1-3H3,(H2,17,18,19,20). The van der Waals surface area contributed by atoms with Gasteiger partial charge in [-0.1, -0.05) is 33.1 Å². The van der Waals surface area contributed by atoms with Crippen molar-refractivity contribution in [2.45, 2.75) is 65.3 Å². The fourth-order valence-electron chi connectivity index (χ4n) is 2.90. The van der Waals surface area contributed by atoms with Crippen molar-refractivity contribution >= 4 is 11.6 Å². The molecule has 0 radical (unpaired) electrons. The smallest absolute Gasteiger partial charge is 0.134 e. The van der Waals surface area contributed by atoms with Gasteiger partial charge in [0.2, 0.25) is 0 Å². The van der Waals surface area contributed by atoms with Crippen molar-refractivity contribution in [2.75, 3.05) is 17.2 Å². The van der Waals surface area contributed by atoms with Crippen molar-refractivity contribution in [3.05, 3.63) is 11.9 Å². The van der Waals surface area contributed by atoms with E-state index < -0.39 is 0 Å². The zero-order valence-corrected chi connectivity index (χ0v) is 13.1. The van der Waals surface area contributed by atoms with E-state index in [1.807, 2.05) is 0 Å². The zero-order chi connectivity index (χ0) is 14.4. The summed E-state index contributed by atoms with van der Waals surface area (Å²) in [6.45, 7) is 7.57. The van der Waals surface area contributed by atoms with E-state index in [0.717, 1.165) is 36.1 Å². The number of anilines is 2. The molecule has 4 heteroatoms. The summed E-state index contributed by atoms with van der Waals surface area (Å²) in [6, 6.07) is 0.546. The maximum Gasteiger partial charge on any atom is 0.134 e. The van der Waals surface area contributed by atoms with Gasteiger partial charge in [-0.15, -0.1) is 0 Å². The van der Waals surface area contributed by atoms with Crippen LogP contribution in [0.1, 0.15) is 57.9 Å². The van der Waals surface area contributed by atoms with Crippen LogP contribution in [0.2, 0.25) is 0 Å². The Labute approximate surface area is 122 Å². The van der Waals surface area contributed by atoms with Crippen molar-refractivity contribution in [2.24, 2.45) is 5.92 Å². The van der Waals surface area contributed by atoms with Crippen LogP contribution in [0, 0.1) is 12.8 Å². The summed E-state index contributed by atoms with van der Waals surface area (Å²) in [5, 5.41) is 7.04. The summed E-state index contributed by atoms with van der Waals surface area (Å²) in [5.74, 6) is 2.68. The maximum atomic E-state index is 4.44. The van der Waals surface area contributed by atoms with E-state index in [9.17, 15) is 0 Å². The first-order valence-electron chi connectivity index (χ1n) is 8.04. The lowest BCUT2D eigenvalue weighted by Gasteiger charge is -2.24. The molecule has 1 aromatic rings. The van der Waals surface area contributed by atoms with Crippen LogP contribution in [0.25, 0.3) is 0 Å². The van der Waals surface area contributed by atoms with Crippen LogP contribution in [0.15, 0.2) is 6.33 Å². The van der Waals surface area contributed by atoms with E-state index in [-0.39, 0.29) is 0 Å². The molecule has 0 aliphatic heterocycles. The van der Waals surface area contributed by atoms with Gasteiger partial charge in [-0.2, -0.15) is 0 Å². The van der Waals surface area contributed by atoms with Crippen LogP contribution in [0.5, 0.6) is 0 Å². The first-order chi connectivity index (χ1) is 9.72. The SMILES string of the molecule is CCCNc1ncnc(NC2CCCCCC2C)c1C. The third-order valence-electron chi connectivity index (χ3n) is 4.31. The molecular weight excluding hydrogens is 248 g/mol. The number of hydrogen-bond donors (Lipinski definition) is 2. The van der Waals surface area contributed by atoms with Crippen LogP contribution >= 0.6 is 0 Å². The van der Waals surface area contributed by atoms with E-state index >= 15 is 0 Å². The second-order valence-corrected chi connectivity index (χ2v) is 5.99. The molecule has 1 saturated carbocycles. The topological polar surface area (TPSA) is 49.8 Å². The molecule has 1 fully saturated rings. The molecule has 0 spiro atoms. The van der Waals surface area contributed by atoms with Crippen LogP contribution in [0.3, 0.4) is 0 Å². The number of rotatable bonds is 5. The highest BCUT2D eigenvalue weighted by Gasteiger charge is 2.21. The van der Waals surface area contributed by atoms with Gasteiger partial charge in [0.15, 0.2) is 0 Å². The van der Waals surface area contributed by atoms with Crippen LogP contribution < -0.4 is 10.6 Å². The third-order valence-corrected chi connectivity index (χ3v) is 4.31. The van der Waals surface area contributed by atoms with E-state index in [0.29, 0.717) is 6.04 Å². The number of nitrogens with one attached hydrogen (secondary N) is 2. The van der Waals surface area contributed by atoms with Gasteiger partial charge in [-0.25, -0.2) is 9.97 Å². The van der Waals surface area contributed by atoms with Crippen LogP contribution in [0.4, 0.5) is 11.6 Å². The van der Waals surface area contributed by atoms with Gasteiger partial charge in [-0.3, -0.25) is 0 Å². The Morgan fingerprint density at radius 3 is 2.70 bits per heavy atom. The second kappa shape index (κ2) is 7.46. The minimum absolute atomic E-state index is 0.546. The average Bonchev–Trinajstić information content (AvgIpc) is 2.65. The molecule has 1 aliphatic rings. The van der Waals surface area contributed by atoms with Crippen molar-refractivity contribution in [3.63, 3.8) is 0 Å². The highest BCUT2D eigenvalue weighted by atomic mass is 15.1. The minimum atomic E-state index is 0.546. The van der Waals surface area contributed by atoms with E-state index in [2.05, 4.69) is 41.4 Å². The molecular formula is C16H28N4. The molecule has 2 N–H and O–H groups in total. The molecule has 0 aromatic carbocycles. The molecule has 0 bridgehead atoms. The molecule has 1 aromatic heterocycles. The predicted molar refractivity (Wildman–Crippen MR) is 85.2 cm³/mol. The van der Waals surface area contributed by atoms with Crippen LogP contribution in [-0.4, -0.2) is 22.6 Å². The van der Waals surface area contributed by atoms with Gasteiger partial charge in [0.25, 0.3) is 0 Å². The van der Waals surface area contributed by atoms with Crippen molar-refractivity contribution in [1.82, 2.24) is 9.97 Å². The Balaban J connectivity index is 2.07. The largest absolute Gasteiger partial charge is 0.370 e. The highest BCUT2D eigenvalue weighted by molar-refractivity contribution is 5.56. The molecule has 2 atom stereocenters. The van der Waals surface area contributed by atoms with Gasteiger partial charge >= 0.3 is 0 Å². The maximum absolute atomic E-state index is 4.44. The number of nitrogens with zero attached hydrogens (tertiary/aromatic N) is 2. The Hall–Kier alpha value is -1.32. The lowest BCUT2D eigenvalue weighted by Crippen LogP contribution is -2.27. The fourth-order valence-corrected chi connectivity index (χ4v) is 2.90. The summed E-state index contributed by atoms with van der Waals surface area (Å²) >= 11 is 0. The highest BCUT2D eigenvalue weighted by Crippen LogP contribution is 2.27. The van der Waals surface area contributed by atoms with Gasteiger partial charge in [0, 0.05) is 18.2 Å². The molecule has 2 rings (SSSR count). The first-order valence-corrected chi connectivity index (χ1v) is 8.04. The van der Waals surface area contributed by atoms with Crippen molar-refractivity contribution in [3.8, 4) is 0 Å². The van der Waals surface area contributed by atoms with Crippen molar-refractivity contribution in [1.29, 1.82) is 0 Å². The average molecular weight is 276 g/mol. The quantitative estimate of drug-likeness (QED) is 0.798. The Morgan fingerprint density at radius 2 is 1.90 bits per heavy atom. The molecule has 0 amide bonds. The molecule has 1 aliphatic carbocycles. The first kappa shape index (κ1) is 15.1. The summed E-state index contributed by atoms with van der Waals surface area (Å²) < 4.78 is 0. The summed E-state index contributed by atoms with van der Waals surface area (Å²) in [4.78, 5) is 8.79. The summed E-state index contributed by atoms with van der Waals surface area (Å²) in [5.41, 5.74) is 1.14. The van der Waals surface area contributed by atoms with Gasteiger partial charge in [-0.05, 0) is 32.1 Å². The number of hydrogen-bond acceptors (Lipinski definition) is 4. The zero-order valence-electron chi connectivity index (χ0n) is 13.1. The third kappa shape index (κ3) is 3.84. The minimum Gasteiger partial charge on any atom is -0.370 e. The predicted octanol–water partition coefficient (Wildman–Crippen LogP) is 3.99. The van der Waals surface area contributed by atoms with Gasteiger partial charge < -0.3 is 10.6 Å². The molecule has 1 heterocycles. The van der Waals surface area contributed by atoms with E-state index in [4.69, 9.17) is 0 Å². The number of aromatic nitrogens is 2. The summed E-state index contributed by atoms with van der Waals surface area (Å²) in [7, 11) is 0. The normalized spacial score (nSPS) is 23.1. The van der Waals surface area contributed by atoms with Crippen molar-refractivity contribution < 1.29 is 0 Å². The second-order valence-electron chi connectivity index (χ2n) is 5.99. The molecule has 20 heavy (non-hydrogen) atoms. The Morgan fingerprint density at radius 1 is 1.15 bits per heavy atom. The Kier molecular flexibility index (Phi) is 5.62. The van der Waals surface area contributed by atoms with Crippen LogP contribution in [-0.2, 0) is 0 Å². The summed E-state index contributed by atoms with van der Waals surface area (Å²) in [6.07, 6.45) is 9.40. The molecule has 4 nitrogen and oxygen atoms in total. The van der Waals surface area contributed by atoms with Gasteiger partial charge in [0.1, 0.15) is 18.0 Å². The van der Waals surface area contributed by atoms with E-state index in [1.165, 1.54) is 32.1 Å². The van der Waals surface area contributed by atoms with E-state index in [1.54, 1.807) is 6.33 Å². The Bertz CT molecular complexity index is 419. The lowest BCUT2D eigenvalue weighted by molar-refractivity contribution is 0.455. The van der Waals surface area contributed by atoms with Gasteiger partial charge in [0.05, 0.1) is 0 Å².